The Hall–Kier alpha value is -1.94. The third-order valence-corrected chi connectivity index (χ3v) is 4.53. The molecule has 1 amide bonds. The fraction of sp³-hybridized carbons (Fsp3) is 0.188. The van der Waals surface area contributed by atoms with Gasteiger partial charge in [-0.05, 0) is 42.7 Å². The van der Waals surface area contributed by atoms with Crippen LogP contribution in [0.1, 0.15) is 12.8 Å². The van der Waals surface area contributed by atoms with Crippen molar-refractivity contribution in [2.45, 2.75) is 23.0 Å². The number of anilines is 1. The lowest BCUT2D eigenvalue weighted by Gasteiger charge is -2.10. The number of rotatable bonds is 5. The summed E-state index contributed by atoms with van der Waals surface area (Å²) in [4.78, 5) is 11.8. The molecule has 101 valence electrons. The van der Waals surface area contributed by atoms with Crippen LogP contribution in [0.2, 0.25) is 0 Å². The normalized spacial score (nSPS) is 14.0. The molecule has 2 aromatic carbocycles. The monoisotopic (exact) mass is 284 g/mol. The molecule has 3 nitrogen and oxygen atoms in total. The van der Waals surface area contributed by atoms with Gasteiger partial charge in [-0.2, -0.15) is 0 Å². The van der Waals surface area contributed by atoms with E-state index in [-0.39, 0.29) is 5.75 Å². The van der Waals surface area contributed by atoms with Crippen molar-refractivity contribution in [2.24, 2.45) is 0 Å². The Bertz CT molecular complexity index is 638. The second-order valence-electron chi connectivity index (χ2n) is 4.72. The van der Waals surface area contributed by atoms with E-state index in [1.807, 2.05) is 30.0 Å². The second-order valence-corrected chi connectivity index (χ2v) is 6.06. The molecule has 0 atom stereocenters. The molecule has 0 heterocycles. The maximum atomic E-state index is 10.6. The molecule has 4 heteroatoms. The first kappa shape index (κ1) is 13.1. The summed E-state index contributed by atoms with van der Waals surface area (Å²) in [6, 6.07) is 14.4. The van der Waals surface area contributed by atoms with Gasteiger partial charge in [-0.3, -0.25) is 4.79 Å². The average molecular weight is 284 g/mol. The Morgan fingerprint density at radius 1 is 1.35 bits per heavy atom. The van der Waals surface area contributed by atoms with Crippen LogP contribution in [-0.4, -0.2) is 16.8 Å². The van der Waals surface area contributed by atoms with Crippen LogP contribution < -0.4 is 5.32 Å². The Morgan fingerprint density at radius 2 is 2.20 bits per heavy atom. The molecule has 1 radical (unpaired) electrons. The summed E-state index contributed by atoms with van der Waals surface area (Å²) < 4.78 is 0. The number of phenols is 1. The zero-order valence-corrected chi connectivity index (χ0v) is 11.6. The first-order valence-electron chi connectivity index (χ1n) is 6.49. The van der Waals surface area contributed by atoms with E-state index in [1.165, 1.54) is 17.7 Å². The first-order valence-corrected chi connectivity index (χ1v) is 7.37. The highest BCUT2D eigenvalue weighted by molar-refractivity contribution is 8.00. The molecule has 0 bridgehead atoms. The van der Waals surface area contributed by atoms with Crippen LogP contribution in [-0.2, 0) is 4.79 Å². The van der Waals surface area contributed by atoms with E-state index in [0.29, 0.717) is 17.3 Å². The van der Waals surface area contributed by atoms with Crippen molar-refractivity contribution in [3.63, 3.8) is 0 Å². The number of aromatic hydroxyl groups is 1. The fourth-order valence-corrected chi connectivity index (χ4v) is 3.16. The number of hydrogen-bond donors (Lipinski definition) is 2. The zero-order chi connectivity index (χ0) is 13.9. The van der Waals surface area contributed by atoms with Gasteiger partial charge in [-0.25, -0.2) is 0 Å². The van der Waals surface area contributed by atoms with Crippen molar-refractivity contribution in [1.29, 1.82) is 0 Å². The van der Waals surface area contributed by atoms with Crippen LogP contribution in [0.4, 0.5) is 5.69 Å². The van der Waals surface area contributed by atoms with E-state index >= 15 is 0 Å². The van der Waals surface area contributed by atoms with Crippen LogP contribution in [0, 0.1) is 6.07 Å². The van der Waals surface area contributed by atoms with Crippen molar-refractivity contribution in [2.75, 3.05) is 5.32 Å². The number of benzene rings is 2. The summed E-state index contributed by atoms with van der Waals surface area (Å²) in [6.45, 7) is 0. The third-order valence-electron chi connectivity index (χ3n) is 3.14. The van der Waals surface area contributed by atoms with Crippen molar-refractivity contribution < 1.29 is 9.90 Å². The Kier molecular flexibility index (Phi) is 3.65. The molecular formula is C16H14NO2S. The van der Waals surface area contributed by atoms with Crippen molar-refractivity contribution >= 4 is 23.9 Å². The van der Waals surface area contributed by atoms with Gasteiger partial charge in [-0.1, -0.05) is 18.2 Å². The first-order chi connectivity index (χ1) is 9.78. The second kappa shape index (κ2) is 5.59. The maximum absolute atomic E-state index is 10.6. The van der Waals surface area contributed by atoms with E-state index in [0.717, 1.165) is 11.1 Å². The van der Waals surface area contributed by atoms with Crippen LogP contribution >= 0.6 is 11.8 Å². The molecule has 0 saturated heterocycles. The molecule has 1 saturated carbocycles. The lowest BCUT2D eigenvalue weighted by molar-refractivity contribution is -0.105. The fourth-order valence-electron chi connectivity index (χ4n) is 1.98. The van der Waals surface area contributed by atoms with Crippen LogP contribution in [0.25, 0.3) is 11.1 Å². The number of carbonyl (C=O) groups is 1. The van der Waals surface area contributed by atoms with E-state index in [1.54, 1.807) is 12.1 Å². The van der Waals surface area contributed by atoms with Crippen LogP contribution in [0.3, 0.4) is 0 Å². The number of phenolic OH excluding ortho intramolecular Hbond substituents is 1. The van der Waals surface area contributed by atoms with Gasteiger partial charge in [0.1, 0.15) is 5.75 Å². The SMILES string of the molecule is O=CNc1cc(-c2[c]cccc2SC2CC2)ccc1O. The minimum Gasteiger partial charge on any atom is -0.506 e. The largest absolute Gasteiger partial charge is 0.506 e. The summed E-state index contributed by atoms with van der Waals surface area (Å²) in [5, 5.41) is 12.9. The van der Waals surface area contributed by atoms with Crippen LogP contribution in [0.15, 0.2) is 41.3 Å². The maximum Gasteiger partial charge on any atom is 0.211 e. The van der Waals surface area contributed by atoms with Crippen molar-refractivity contribution in [3.05, 3.63) is 42.5 Å². The topological polar surface area (TPSA) is 49.3 Å². The lowest BCUT2D eigenvalue weighted by Crippen LogP contribution is -1.94. The van der Waals surface area contributed by atoms with Crippen molar-refractivity contribution in [1.82, 2.24) is 0 Å². The molecule has 1 aliphatic rings. The molecular weight excluding hydrogens is 270 g/mol. The van der Waals surface area contributed by atoms with Gasteiger partial charge < -0.3 is 10.4 Å². The van der Waals surface area contributed by atoms with Gasteiger partial charge >= 0.3 is 0 Å². The molecule has 1 aliphatic carbocycles. The van der Waals surface area contributed by atoms with Crippen molar-refractivity contribution in [3.8, 4) is 16.9 Å². The summed E-state index contributed by atoms with van der Waals surface area (Å²) >= 11 is 1.87. The van der Waals surface area contributed by atoms with E-state index in [9.17, 15) is 9.90 Å². The molecule has 2 aromatic rings. The lowest BCUT2D eigenvalue weighted by atomic mass is 10.0. The third kappa shape index (κ3) is 2.80. The molecule has 2 N–H and O–H groups in total. The minimum atomic E-state index is 0.0631. The Balaban J connectivity index is 1.99. The number of nitrogens with one attached hydrogen (secondary N) is 1. The molecule has 0 spiro atoms. The minimum absolute atomic E-state index is 0.0631. The van der Waals surface area contributed by atoms with Gasteiger partial charge in [0.05, 0.1) is 5.69 Å². The smallest absolute Gasteiger partial charge is 0.211 e. The number of carbonyl (C=O) groups excluding carboxylic acids is 1. The highest BCUT2D eigenvalue weighted by Crippen LogP contribution is 2.43. The van der Waals surface area contributed by atoms with E-state index in [4.69, 9.17) is 0 Å². The standard InChI is InChI=1S/C16H14NO2S/c18-10-17-14-9-11(5-8-15(14)19)13-3-1-2-4-16(13)20-12-6-7-12/h1-2,4-5,8-10,12,19H,6-7H2,(H,17,18). The molecule has 0 unspecified atom stereocenters. The summed E-state index contributed by atoms with van der Waals surface area (Å²) in [6.07, 6.45) is 3.10. The van der Waals surface area contributed by atoms with Gasteiger partial charge in [0, 0.05) is 15.7 Å². The van der Waals surface area contributed by atoms with Gasteiger partial charge in [0.15, 0.2) is 0 Å². The predicted molar refractivity (Wildman–Crippen MR) is 80.9 cm³/mol. The summed E-state index contributed by atoms with van der Waals surface area (Å²) in [7, 11) is 0. The number of thioether (sulfide) groups is 1. The van der Waals surface area contributed by atoms with Gasteiger partial charge in [-0.15, -0.1) is 11.8 Å². The molecule has 0 aromatic heterocycles. The molecule has 3 rings (SSSR count). The van der Waals surface area contributed by atoms with Gasteiger partial charge in [0.2, 0.25) is 6.41 Å². The number of hydrogen-bond acceptors (Lipinski definition) is 3. The molecule has 0 aliphatic heterocycles. The Morgan fingerprint density at radius 3 is 2.95 bits per heavy atom. The Labute approximate surface area is 122 Å². The highest BCUT2D eigenvalue weighted by Gasteiger charge is 2.23. The van der Waals surface area contributed by atoms with E-state index < -0.39 is 0 Å². The molecule has 20 heavy (non-hydrogen) atoms. The predicted octanol–water partition coefficient (Wildman–Crippen LogP) is 3.68. The summed E-state index contributed by atoms with van der Waals surface area (Å²) in [5.41, 5.74) is 2.37. The highest BCUT2D eigenvalue weighted by atomic mass is 32.2. The van der Waals surface area contributed by atoms with Crippen LogP contribution in [0.5, 0.6) is 5.75 Å². The van der Waals surface area contributed by atoms with E-state index in [2.05, 4.69) is 17.4 Å². The average Bonchev–Trinajstić information content (AvgIpc) is 3.26. The van der Waals surface area contributed by atoms with Gasteiger partial charge in [0.25, 0.3) is 0 Å². The zero-order valence-electron chi connectivity index (χ0n) is 10.8. The molecule has 1 fully saturated rings. The number of amides is 1. The summed E-state index contributed by atoms with van der Waals surface area (Å²) in [5.74, 6) is 0.0631. The quantitative estimate of drug-likeness (QED) is 0.650.